The fourth-order valence-corrected chi connectivity index (χ4v) is 2.33. The molecule has 0 fully saturated rings. The molecule has 2 aromatic rings. The van der Waals surface area contributed by atoms with E-state index in [-0.39, 0.29) is 11.9 Å². The van der Waals surface area contributed by atoms with Crippen LogP contribution in [0.5, 0.6) is 0 Å². The monoisotopic (exact) mass is 296 g/mol. The van der Waals surface area contributed by atoms with Gasteiger partial charge in [-0.1, -0.05) is 19.1 Å². The molecule has 1 unspecified atom stereocenters. The zero-order valence-corrected chi connectivity index (χ0v) is 12.9. The minimum absolute atomic E-state index is 0.0508. The van der Waals surface area contributed by atoms with Gasteiger partial charge in [-0.2, -0.15) is 10.4 Å². The van der Waals surface area contributed by atoms with Crippen LogP contribution in [0.4, 0.5) is 0 Å². The van der Waals surface area contributed by atoms with Gasteiger partial charge in [-0.25, -0.2) is 0 Å². The largest absolute Gasteiger partial charge is 0.337 e. The van der Waals surface area contributed by atoms with Crippen molar-refractivity contribution >= 4 is 5.91 Å². The summed E-state index contributed by atoms with van der Waals surface area (Å²) in [6.07, 6.45) is 4.37. The number of carbonyl (C=O) groups excluding carboxylic acids is 1. The van der Waals surface area contributed by atoms with Crippen LogP contribution >= 0.6 is 0 Å². The second-order valence-electron chi connectivity index (χ2n) is 5.23. The second kappa shape index (κ2) is 7.41. The van der Waals surface area contributed by atoms with Crippen LogP contribution < -0.4 is 0 Å². The van der Waals surface area contributed by atoms with Crippen LogP contribution in [0.3, 0.4) is 0 Å². The highest BCUT2D eigenvalue weighted by Gasteiger charge is 2.21. The number of benzene rings is 1. The molecule has 0 N–H and O–H groups in total. The molecule has 1 amide bonds. The van der Waals surface area contributed by atoms with Gasteiger partial charge in [0.2, 0.25) is 5.91 Å². The van der Waals surface area contributed by atoms with Crippen molar-refractivity contribution in [3.63, 3.8) is 0 Å². The number of carbonyl (C=O) groups is 1. The predicted molar refractivity (Wildman–Crippen MR) is 83.8 cm³/mol. The Hall–Kier alpha value is -2.61. The first-order chi connectivity index (χ1) is 10.7. The number of nitriles is 1. The van der Waals surface area contributed by atoms with Crippen molar-refractivity contribution in [3.05, 3.63) is 53.9 Å². The Labute approximate surface area is 130 Å². The van der Waals surface area contributed by atoms with Crippen LogP contribution in [0.1, 0.15) is 37.4 Å². The van der Waals surface area contributed by atoms with Crippen molar-refractivity contribution in [3.8, 4) is 6.07 Å². The third kappa shape index (κ3) is 3.73. The summed E-state index contributed by atoms with van der Waals surface area (Å²) in [5, 5.41) is 13.0. The highest BCUT2D eigenvalue weighted by molar-refractivity contribution is 5.80. The molecule has 0 aliphatic rings. The van der Waals surface area contributed by atoms with Crippen LogP contribution in [-0.2, 0) is 11.3 Å². The van der Waals surface area contributed by atoms with E-state index in [0.29, 0.717) is 18.7 Å². The molecule has 1 aromatic heterocycles. The summed E-state index contributed by atoms with van der Waals surface area (Å²) in [6.45, 7) is 5.16. The molecule has 0 radical (unpaired) electrons. The summed E-state index contributed by atoms with van der Waals surface area (Å²) < 4.78 is 1.67. The Morgan fingerprint density at radius 3 is 2.68 bits per heavy atom. The van der Waals surface area contributed by atoms with Gasteiger partial charge >= 0.3 is 0 Å². The van der Waals surface area contributed by atoms with Crippen molar-refractivity contribution in [2.45, 2.75) is 32.9 Å². The molecule has 0 aliphatic carbocycles. The van der Waals surface area contributed by atoms with Gasteiger partial charge < -0.3 is 4.90 Å². The molecular weight excluding hydrogens is 276 g/mol. The molecule has 114 valence electrons. The molecule has 1 heterocycles. The smallest absolute Gasteiger partial charge is 0.247 e. The van der Waals surface area contributed by atoms with Crippen LogP contribution in [0.25, 0.3) is 0 Å². The number of nitrogens with zero attached hydrogens (tertiary/aromatic N) is 4. The summed E-state index contributed by atoms with van der Waals surface area (Å²) in [4.78, 5) is 14.5. The fourth-order valence-electron chi connectivity index (χ4n) is 2.33. The molecule has 5 heteroatoms. The minimum Gasteiger partial charge on any atom is -0.337 e. The lowest BCUT2D eigenvalue weighted by Crippen LogP contribution is -2.36. The summed E-state index contributed by atoms with van der Waals surface area (Å²) in [5.74, 6) is 0.0508. The maximum Gasteiger partial charge on any atom is 0.247 e. The summed E-state index contributed by atoms with van der Waals surface area (Å²) in [5.41, 5.74) is 1.65. The fraction of sp³-hybridized carbons (Fsp3) is 0.353. The molecule has 0 bridgehead atoms. The third-order valence-corrected chi connectivity index (χ3v) is 3.54. The van der Waals surface area contributed by atoms with Gasteiger partial charge in [0.25, 0.3) is 0 Å². The number of hydrogen-bond donors (Lipinski definition) is 0. The van der Waals surface area contributed by atoms with Crippen molar-refractivity contribution in [1.82, 2.24) is 14.7 Å². The highest BCUT2D eigenvalue weighted by atomic mass is 16.2. The second-order valence-corrected chi connectivity index (χ2v) is 5.23. The van der Waals surface area contributed by atoms with Crippen LogP contribution in [0.15, 0.2) is 42.7 Å². The third-order valence-electron chi connectivity index (χ3n) is 3.54. The Bertz CT molecular complexity index is 640. The van der Waals surface area contributed by atoms with E-state index in [9.17, 15) is 4.79 Å². The molecule has 5 nitrogen and oxygen atoms in total. The van der Waals surface area contributed by atoms with E-state index in [4.69, 9.17) is 5.26 Å². The van der Waals surface area contributed by atoms with Gasteiger partial charge in [0.1, 0.15) is 6.04 Å². The minimum atomic E-state index is -0.320. The van der Waals surface area contributed by atoms with E-state index < -0.39 is 0 Å². The molecule has 0 spiro atoms. The SMILES string of the molecule is CCCN(Cc1ccc(C#N)cc1)C(=O)C(C)n1cccn1. The lowest BCUT2D eigenvalue weighted by molar-refractivity contribution is -0.135. The Kier molecular flexibility index (Phi) is 5.31. The highest BCUT2D eigenvalue weighted by Crippen LogP contribution is 2.13. The first-order valence-corrected chi connectivity index (χ1v) is 7.42. The van der Waals surface area contributed by atoms with Crippen molar-refractivity contribution in [2.75, 3.05) is 6.54 Å². The van der Waals surface area contributed by atoms with Gasteiger partial charge in [-0.3, -0.25) is 9.48 Å². The first kappa shape index (κ1) is 15.8. The number of aromatic nitrogens is 2. The standard InChI is InChI=1S/C17H20N4O/c1-3-10-20(13-16-7-5-15(12-18)6-8-16)17(22)14(2)21-11-4-9-19-21/h4-9,11,14H,3,10,13H2,1-2H3. The number of hydrogen-bond acceptors (Lipinski definition) is 3. The number of rotatable bonds is 6. The lowest BCUT2D eigenvalue weighted by Gasteiger charge is -2.25. The summed E-state index contributed by atoms with van der Waals surface area (Å²) in [7, 11) is 0. The van der Waals surface area contributed by atoms with Gasteiger partial charge in [0.05, 0.1) is 11.6 Å². The molecule has 1 atom stereocenters. The van der Waals surface area contributed by atoms with Crippen LogP contribution in [-0.4, -0.2) is 27.1 Å². The van der Waals surface area contributed by atoms with Gasteiger partial charge in [-0.15, -0.1) is 0 Å². The molecule has 1 aromatic carbocycles. The Morgan fingerprint density at radius 1 is 1.41 bits per heavy atom. The van der Waals surface area contributed by atoms with E-state index in [1.807, 2.05) is 30.0 Å². The zero-order chi connectivity index (χ0) is 15.9. The molecular formula is C17H20N4O. The van der Waals surface area contributed by atoms with Crippen LogP contribution in [0, 0.1) is 11.3 Å². The van der Waals surface area contributed by atoms with E-state index in [2.05, 4.69) is 18.1 Å². The molecule has 0 saturated heterocycles. The maximum atomic E-state index is 12.7. The van der Waals surface area contributed by atoms with Crippen molar-refractivity contribution < 1.29 is 4.79 Å². The molecule has 2 rings (SSSR count). The quantitative estimate of drug-likeness (QED) is 0.823. The zero-order valence-electron chi connectivity index (χ0n) is 12.9. The topological polar surface area (TPSA) is 61.9 Å². The van der Waals surface area contributed by atoms with E-state index in [0.717, 1.165) is 12.0 Å². The van der Waals surface area contributed by atoms with Crippen molar-refractivity contribution in [2.24, 2.45) is 0 Å². The van der Waals surface area contributed by atoms with E-state index in [1.165, 1.54) is 0 Å². The lowest BCUT2D eigenvalue weighted by atomic mass is 10.1. The average molecular weight is 296 g/mol. The van der Waals surface area contributed by atoms with Gasteiger partial charge in [0.15, 0.2) is 0 Å². The molecule has 22 heavy (non-hydrogen) atoms. The van der Waals surface area contributed by atoms with Crippen LogP contribution in [0.2, 0.25) is 0 Å². The summed E-state index contributed by atoms with van der Waals surface area (Å²) >= 11 is 0. The normalized spacial score (nSPS) is 11.7. The number of amides is 1. The van der Waals surface area contributed by atoms with Crippen molar-refractivity contribution in [1.29, 1.82) is 5.26 Å². The molecule has 0 aliphatic heterocycles. The Balaban J connectivity index is 2.11. The average Bonchev–Trinajstić information content (AvgIpc) is 3.08. The Morgan fingerprint density at radius 2 is 2.14 bits per heavy atom. The van der Waals surface area contributed by atoms with E-state index in [1.54, 1.807) is 29.2 Å². The predicted octanol–water partition coefficient (Wildman–Crippen LogP) is 2.75. The maximum absolute atomic E-state index is 12.7. The first-order valence-electron chi connectivity index (χ1n) is 7.42. The van der Waals surface area contributed by atoms with E-state index >= 15 is 0 Å². The van der Waals surface area contributed by atoms with Gasteiger partial charge in [0, 0.05) is 25.5 Å². The van der Waals surface area contributed by atoms with Gasteiger partial charge in [-0.05, 0) is 37.1 Å². The summed E-state index contributed by atoms with van der Waals surface area (Å²) in [6, 6.07) is 10.9. The molecule has 0 saturated carbocycles.